The highest BCUT2D eigenvalue weighted by Gasteiger charge is 2.46. The summed E-state index contributed by atoms with van der Waals surface area (Å²) < 4.78 is 0. The summed E-state index contributed by atoms with van der Waals surface area (Å²) in [5.41, 5.74) is 23.8. The van der Waals surface area contributed by atoms with E-state index in [-0.39, 0.29) is 6.71 Å². The van der Waals surface area contributed by atoms with E-state index in [9.17, 15) is 0 Å². The van der Waals surface area contributed by atoms with Crippen molar-refractivity contribution in [2.45, 2.75) is 0 Å². The van der Waals surface area contributed by atoms with Crippen molar-refractivity contribution in [2.75, 3.05) is 9.80 Å². The maximum atomic E-state index is 5.78. The van der Waals surface area contributed by atoms with Crippen molar-refractivity contribution < 1.29 is 0 Å². The van der Waals surface area contributed by atoms with Gasteiger partial charge in [-0.1, -0.05) is 303 Å². The summed E-state index contributed by atoms with van der Waals surface area (Å²) in [6.07, 6.45) is 0. The first kappa shape index (κ1) is 57.4. The average Bonchev–Trinajstić information content (AvgIpc) is 0.663. The van der Waals surface area contributed by atoms with Crippen LogP contribution in [0.5, 0.6) is 0 Å². The molecule has 474 valence electrons. The fourth-order valence-electron chi connectivity index (χ4n) is 17.8. The van der Waals surface area contributed by atoms with Gasteiger partial charge in [-0.2, -0.15) is 0 Å². The molecule has 3 heterocycles. The van der Waals surface area contributed by atoms with Crippen molar-refractivity contribution >= 4 is 143 Å². The van der Waals surface area contributed by atoms with Crippen LogP contribution < -0.4 is 26.2 Å². The zero-order chi connectivity index (χ0) is 67.4. The average molecular weight is 1300 g/mol. The monoisotopic (exact) mass is 1300 g/mol. The van der Waals surface area contributed by atoms with Crippen molar-refractivity contribution in [3.05, 3.63) is 358 Å². The number of hydrogen-bond acceptors (Lipinski definition) is 4. The quantitative estimate of drug-likeness (QED) is 0.0819. The van der Waals surface area contributed by atoms with Crippen molar-refractivity contribution in [2.24, 2.45) is 0 Å². The Kier molecular flexibility index (Phi) is 12.6. The van der Waals surface area contributed by atoms with Crippen LogP contribution in [0.1, 0.15) is 0 Å². The summed E-state index contributed by atoms with van der Waals surface area (Å²) in [6, 6.07) is 134. The molecule has 0 radical (unpaired) electrons. The molecule has 4 nitrogen and oxygen atoms in total. The Morgan fingerprint density at radius 1 is 0.214 bits per heavy atom. The van der Waals surface area contributed by atoms with Crippen molar-refractivity contribution in [3.8, 4) is 78.4 Å². The number of hydrogen-bond donors (Lipinski definition) is 0. The van der Waals surface area contributed by atoms with Gasteiger partial charge in [0.1, 0.15) is 0 Å². The summed E-state index contributed by atoms with van der Waals surface area (Å²) in [5, 5.41) is 19.9. The summed E-state index contributed by atoms with van der Waals surface area (Å²) >= 11 is 0. The highest BCUT2D eigenvalue weighted by atomic mass is 15.2. The molecule has 0 N–H and O–H groups in total. The van der Waals surface area contributed by atoms with E-state index in [1.807, 2.05) is 0 Å². The lowest BCUT2D eigenvalue weighted by molar-refractivity contribution is 1.18. The van der Waals surface area contributed by atoms with Crippen LogP contribution in [-0.4, -0.2) is 16.7 Å². The van der Waals surface area contributed by atoms with E-state index in [1.54, 1.807) is 0 Å². The lowest BCUT2D eigenvalue weighted by Crippen LogP contribution is -2.61. The third kappa shape index (κ3) is 8.79. The molecule has 0 amide bonds. The van der Waals surface area contributed by atoms with Crippen molar-refractivity contribution in [3.63, 3.8) is 0 Å². The molecule has 0 atom stereocenters. The minimum Gasteiger partial charge on any atom is -0.311 e. The lowest BCUT2D eigenvalue weighted by Gasteiger charge is -2.45. The number of nitrogens with zero attached hydrogens (tertiary/aromatic N) is 4. The van der Waals surface area contributed by atoms with Gasteiger partial charge in [0.05, 0.1) is 11.4 Å². The Morgan fingerprint density at radius 3 is 0.864 bits per heavy atom. The molecule has 103 heavy (non-hydrogen) atoms. The van der Waals surface area contributed by atoms with Crippen LogP contribution in [0.25, 0.3) is 165 Å². The lowest BCUT2D eigenvalue weighted by atomic mass is 9.33. The fraction of sp³-hybridized carbons (Fsp3) is 0. The van der Waals surface area contributed by atoms with E-state index in [2.05, 4.69) is 368 Å². The van der Waals surface area contributed by atoms with Gasteiger partial charge < -0.3 is 9.80 Å². The van der Waals surface area contributed by atoms with Crippen LogP contribution in [-0.2, 0) is 0 Å². The van der Waals surface area contributed by atoms with Crippen LogP contribution in [0.4, 0.5) is 34.1 Å². The highest BCUT2D eigenvalue weighted by Crippen LogP contribution is 2.55. The number of benzene rings is 19. The Hall–Kier alpha value is -13.5. The molecule has 5 heteroatoms. The van der Waals surface area contributed by atoms with Crippen molar-refractivity contribution in [1.29, 1.82) is 0 Å². The molecule has 2 aliphatic rings. The number of fused-ring (bicyclic) bond motifs is 10. The van der Waals surface area contributed by atoms with Crippen LogP contribution >= 0.6 is 0 Å². The van der Waals surface area contributed by atoms with Gasteiger partial charge in [0.2, 0.25) is 0 Å². The van der Waals surface area contributed by atoms with Gasteiger partial charge in [0.25, 0.3) is 6.71 Å². The molecular weight excluding hydrogens is 1240 g/mol. The van der Waals surface area contributed by atoms with E-state index in [4.69, 9.17) is 9.97 Å². The second-order valence-electron chi connectivity index (χ2n) is 27.8. The van der Waals surface area contributed by atoms with Gasteiger partial charge in [-0.15, -0.1) is 0 Å². The minimum atomic E-state index is -0.328. The number of rotatable bonds is 9. The molecule has 19 aromatic carbocycles. The molecule has 22 rings (SSSR count). The Bertz CT molecular complexity index is 6310. The van der Waals surface area contributed by atoms with Gasteiger partial charge >= 0.3 is 0 Å². The zero-order valence-electron chi connectivity index (χ0n) is 55.9. The van der Waals surface area contributed by atoms with Gasteiger partial charge in [-0.3, -0.25) is 0 Å². The Morgan fingerprint density at radius 2 is 0.515 bits per heavy atom. The second kappa shape index (κ2) is 22.5. The molecule has 0 fully saturated rings. The Balaban J connectivity index is 0.963. The molecule has 0 unspecified atom stereocenters. The zero-order valence-corrected chi connectivity index (χ0v) is 55.9. The first-order chi connectivity index (χ1) is 51.1. The molecule has 0 spiro atoms. The molecule has 20 aromatic rings. The van der Waals surface area contributed by atoms with Crippen LogP contribution in [0.3, 0.4) is 0 Å². The first-order valence-electron chi connectivity index (χ1n) is 35.6. The predicted octanol–water partition coefficient (Wildman–Crippen LogP) is 24.3. The SMILES string of the molecule is c1ccc(-c2cc(-c3ccccc3)cc(N3c4cc(-c5nc(-c6ccccc6)cc(-c6ccccc6)n5)cc5c4B(c4cc6c7cccc8cccc(c9cccc(c43)c96)c87)c3cc4c6cccc7cccc(c8cccc(c3N5c3cc(-c5ccccc5)cc(-c5ccccc5)c3)c84)c76)c2)cc1. The minimum absolute atomic E-state index is 0.328. The highest BCUT2D eigenvalue weighted by molar-refractivity contribution is 7.01. The van der Waals surface area contributed by atoms with E-state index >= 15 is 0 Å². The van der Waals surface area contributed by atoms with Gasteiger partial charge in [-0.05, 0) is 191 Å². The summed E-state index contributed by atoms with van der Waals surface area (Å²) in [6.45, 7) is -0.328. The third-order valence-electron chi connectivity index (χ3n) is 22.2. The van der Waals surface area contributed by atoms with Crippen LogP contribution in [0.2, 0.25) is 0 Å². The van der Waals surface area contributed by atoms with E-state index < -0.39 is 0 Å². The number of aromatic nitrogens is 2. The van der Waals surface area contributed by atoms with Crippen LogP contribution in [0, 0.1) is 0 Å². The predicted molar refractivity (Wildman–Crippen MR) is 437 cm³/mol. The van der Waals surface area contributed by atoms with Crippen molar-refractivity contribution in [1.82, 2.24) is 9.97 Å². The van der Waals surface area contributed by atoms with Gasteiger partial charge in [-0.25, -0.2) is 9.97 Å². The summed E-state index contributed by atoms with van der Waals surface area (Å²) in [4.78, 5) is 16.9. The molecule has 0 saturated heterocycles. The topological polar surface area (TPSA) is 32.3 Å². The van der Waals surface area contributed by atoms with Gasteiger partial charge in [0.15, 0.2) is 5.82 Å². The largest absolute Gasteiger partial charge is 0.311 e. The molecule has 1 aromatic heterocycles. The normalized spacial score (nSPS) is 12.6. The summed E-state index contributed by atoms with van der Waals surface area (Å²) in [5.74, 6) is 0.626. The maximum Gasteiger partial charge on any atom is 0.252 e. The molecule has 2 aliphatic heterocycles. The molecule has 0 aliphatic carbocycles. The van der Waals surface area contributed by atoms with E-state index in [1.165, 1.54) is 103 Å². The second-order valence-corrected chi connectivity index (χ2v) is 27.8. The van der Waals surface area contributed by atoms with Crippen LogP contribution in [0.15, 0.2) is 358 Å². The number of anilines is 6. The van der Waals surface area contributed by atoms with Gasteiger partial charge in [0, 0.05) is 61.6 Å². The molecular formula is C98H59BN4. The summed E-state index contributed by atoms with van der Waals surface area (Å²) in [7, 11) is 0. The first-order valence-corrected chi connectivity index (χ1v) is 35.6. The standard InChI is InChI=1S/C98H59BN4/c1-7-25-60(26-8-1)68-49-69(61-27-9-2-10-28-61)52-73(51-68)102-89-55-72(98-100-87(64-33-15-5-16-34-64)59-88(101-98)65-35-17-6-18-36-65)56-90-95(89)99(85-57-83-79-43-21-39-66-37-19-41-75(91(66)79)77-45-23-47-81(93(77)83)96(85)102)86-58-84-80-44-22-40-67-38-20-42-76(92(67)80)78-46-24-48-82(94(78)84)97(86)103(90)74-53-70(62-29-11-3-12-30-62)50-71(54-74)63-31-13-4-14-32-63/h1-59H. The fourth-order valence-corrected chi connectivity index (χ4v) is 17.8. The molecule has 0 saturated carbocycles. The molecule has 0 bridgehead atoms. The maximum absolute atomic E-state index is 5.78. The smallest absolute Gasteiger partial charge is 0.252 e. The van der Waals surface area contributed by atoms with E-state index in [0.717, 1.165) is 107 Å². The Labute approximate surface area is 595 Å². The van der Waals surface area contributed by atoms with E-state index in [0.29, 0.717) is 5.82 Å². The third-order valence-corrected chi connectivity index (χ3v) is 22.2.